The molecular formula is C25H34F3N7O4Si. The molecule has 5 rings (SSSR count). The van der Waals surface area contributed by atoms with Crippen molar-refractivity contribution in [2.24, 2.45) is 0 Å². The van der Waals surface area contributed by atoms with Gasteiger partial charge in [0, 0.05) is 30.9 Å². The minimum absolute atomic E-state index is 0.0284. The molecule has 1 saturated carbocycles. The minimum Gasteiger partial charge on any atom is -0.441 e. The lowest BCUT2D eigenvalue weighted by Crippen LogP contribution is -2.47. The standard InChI is InChI=1S/C25H34F3N7O4Si/c1-24(2,3)40(4,5)39-17-7-6-16-19(17)38-23(36)35(16)18-12-15(31-22(32-18)34-8-10-37-11-9-34)14-13-30-21(29)33-20(14)25(26,27)28/h12-13,16-17,19H,6-11H2,1-5H3,(H2,29,30,33)/t16-,17-,19?/m1/s1. The van der Waals surface area contributed by atoms with E-state index in [4.69, 9.17) is 19.6 Å². The van der Waals surface area contributed by atoms with Gasteiger partial charge in [0.25, 0.3) is 0 Å². The maximum Gasteiger partial charge on any atom is 0.434 e. The van der Waals surface area contributed by atoms with Gasteiger partial charge in [-0.15, -0.1) is 0 Å². The third-order valence-electron chi connectivity index (χ3n) is 8.10. The molecule has 11 nitrogen and oxygen atoms in total. The van der Waals surface area contributed by atoms with Gasteiger partial charge in [0.15, 0.2) is 14.0 Å². The molecule has 2 saturated heterocycles. The summed E-state index contributed by atoms with van der Waals surface area (Å²) >= 11 is 0. The number of nitrogen functional groups attached to an aromatic ring is 1. The first kappa shape index (κ1) is 28.5. The van der Waals surface area contributed by atoms with Crippen molar-refractivity contribution in [1.29, 1.82) is 0 Å². The van der Waals surface area contributed by atoms with Crippen LogP contribution in [0.5, 0.6) is 0 Å². The SMILES string of the molecule is CC(C)(C)[Si](C)(C)O[C@@H]1CC[C@@H]2C1OC(=O)N2c1cc(-c2cnc(N)nc2C(F)(F)F)nc(N2CCOCC2)n1. The van der Waals surface area contributed by atoms with Crippen LogP contribution in [0.15, 0.2) is 12.3 Å². The van der Waals surface area contributed by atoms with E-state index in [2.05, 4.69) is 53.8 Å². The van der Waals surface area contributed by atoms with Crippen molar-refractivity contribution in [1.82, 2.24) is 19.9 Å². The van der Waals surface area contributed by atoms with E-state index in [1.54, 1.807) is 4.90 Å². The molecule has 1 amide bonds. The highest BCUT2D eigenvalue weighted by atomic mass is 28.4. The molecule has 218 valence electrons. The molecule has 2 N–H and O–H groups in total. The molecule has 1 aliphatic carbocycles. The Kier molecular flexibility index (Phi) is 7.19. The number of amides is 1. The number of halogens is 3. The number of rotatable bonds is 5. The summed E-state index contributed by atoms with van der Waals surface area (Å²) in [5.74, 6) is -0.200. The zero-order chi connectivity index (χ0) is 29.0. The van der Waals surface area contributed by atoms with Crippen LogP contribution in [0.4, 0.5) is 35.7 Å². The van der Waals surface area contributed by atoms with Crippen LogP contribution in [0.3, 0.4) is 0 Å². The average molecular weight is 582 g/mol. The summed E-state index contributed by atoms with van der Waals surface area (Å²) in [5.41, 5.74) is 3.82. The van der Waals surface area contributed by atoms with Crippen molar-refractivity contribution in [3.8, 4) is 11.3 Å². The fraction of sp³-hybridized carbons (Fsp3) is 0.640. The molecule has 3 aliphatic rings. The molecular weight excluding hydrogens is 547 g/mol. The van der Waals surface area contributed by atoms with Crippen molar-refractivity contribution in [3.05, 3.63) is 18.0 Å². The zero-order valence-electron chi connectivity index (χ0n) is 23.2. The molecule has 3 fully saturated rings. The number of hydrogen-bond acceptors (Lipinski definition) is 10. The largest absolute Gasteiger partial charge is 0.441 e. The Balaban J connectivity index is 1.55. The molecule has 40 heavy (non-hydrogen) atoms. The van der Waals surface area contributed by atoms with Crippen LogP contribution in [-0.2, 0) is 20.1 Å². The first-order chi connectivity index (χ1) is 18.7. The number of alkyl halides is 3. The highest BCUT2D eigenvalue weighted by Gasteiger charge is 2.54. The van der Waals surface area contributed by atoms with Gasteiger partial charge in [-0.3, -0.25) is 4.90 Å². The van der Waals surface area contributed by atoms with Crippen molar-refractivity contribution in [3.63, 3.8) is 0 Å². The van der Waals surface area contributed by atoms with Crippen LogP contribution < -0.4 is 15.5 Å². The van der Waals surface area contributed by atoms with Gasteiger partial charge in [0.05, 0.1) is 31.1 Å². The van der Waals surface area contributed by atoms with Crippen LogP contribution in [0.1, 0.15) is 39.3 Å². The number of anilines is 3. The number of morpholine rings is 1. The average Bonchev–Trinajstić information content (AvgIpc) is 3.40. The number of fused-ring (bicyclic) bond motifs is 1. The number of nitrogens with two attached hydrogens (primary N) is 1. The van der Waals surface area contributed by atoms with Gasteiger partial charge in [0.1, 0.15) is 11.9 Å². The third kappa shape index (κ3) is 5.33. The van der Waals surface area contributed by atoms with Crippen molar-refractivity contribution in [2.75, 3.05) is 41.8 Å². The number of carbonyl (C=O) groups excluding carboxylic acids is 1. The Morgan fingerprint density at radius 2 is 1.80 bits per heavy atom. The monoisotopic (exact) mass is 581 g/mol. The van der Waals surface area contributed by atoms with Crippen molar-refractivity contribution in [2.45, 2.75) is 76.2 Å². The van der Waals surface area contributed by atoms with E-state index < -0.39 is 38.3 Å². The van der Waals surface area contributed by atoms with Crippen LogP contribution in [0.2, 0.25) is 18.1 Å². The quantitative estimate of drug-likeness (QED) is 0.512. The Labute approximate surface area is 231 Å². The molecule has 0 radical (unpaired) electrons. The molecule has 2 aliphatic heterocycles. The number of aromatic nitrogens is 4. The number of hydrogen-bond donors (Lipinski definition) is 1. The van der Waals surface area contributed by atoms with Crippen LogP contribution in [0, 0.1) is 0 Å². The number of carbonyl (C=O) groups is 1. The molecule has 2 aromatic heterocycles. The van der Waals surface area contributed by atoms with Gasteiger partial charge in [-0.05, 0) is 31.0 Å². The number of nitrogens with zero attached hydrogens (tertiary/aromatic N) is 6. The Morgan fingerprint density at radius 3 is 2.45 bits per heavy atom. The summed E-state index contributed by atoms with van der Waals surface area (Å²) in [4.78, 5) is 32.8. The van der Waals surface area contributed by atoms with Crippen LogP contribution in [-0.4, -0.2) is 78.9 Å². The number of ether oxygens (including phenoxy) is 2. The maximum atomic E-state index is 14.0. The van der Waals surface area contributed by atoms with Crippen LogP contribution in [0.25, 0.3) is 11.3 Å². The summed E-state index contributed by atoms with van der Waals surface area (Å²) < 4.78 is 59.7. The van der Waals surface area contributed by atoms with E-state index in [-0.39, 0.29) is 40.2 Å². The first-order valence-electron chi connectivity index (χ1n) is 13.3. The predicted octanol–water partition coefficient (Wildman–Crippen LogP) is 4.25. The molecule has 4 heterocycles. The lowest BCUT2D eigenvalue weighted by molar-refractivity contribution is -0.140. The molecule has 3 atom stereocenters. The second-order valence-corrected chi connectivity index (χ2v) is 16.5. The van der Waals surface area contributed by atoms with E-state index in [1.165, 1.54) is 11.0 Å². The summed E-state index contributed by atoms with van der Waals surface area (Å²) in [5, 5.41) is -0.0284. The second-order valence-electron chi connectivity index (χ2n) is 11.8. The minimum atomic E-state index is -4.81. The smallest absolute Gasteiger partial charge is 0.434 e. The topological polar surface area (TPSA) is 129 Å². The Morgan fingerprint density at radius 1 is 1.10 bits per heavy atom. The van der Waals surface area contributed by atoms with E-state index >= 15 is 0 Å². The van der Waals surface area contributed by atoms with E-state index in [9.17, 15) is 18.0 Å². The van der Waals surface area contributed by atoms with E-state index in [0.717, 1.165) is 6.20 Å². The van der Waals surface area contributed by atoms with Crippen molar-refractivity contribution >= 4 is 32.1 Å². The van der Waals surface area contributed by atoms with Gasteiger partial charge in [0.2, 0.25) is 11.9 Å². The summed E-state index contributed by atoms with van der Waals surface area (Å²) in [6.07, 6.45) is -3.96. The molecule has 1 unspecified atom stereocenters. The molecule has 2 aromatic rings. The molecule has 0 aromatic carbocycles. The summed E-state index contributed by atoms with van der Waals surface area (Å²) in [6.45, 7) is 12.4. The lowest BCUT2D eigenvalue weighted by Gasteiger charge is -2.39. The summed E-state index contributed by atoms with van der Waals surface area (Å²) in [6, 6.07) is 0.965. The second kappa shape index (κ2) is 10.1. The normalized spacial score (nSPS) is 23.9. The predicted molar refractivity (Wildman–Crippen MR) is 143 cm³/mol. The fourth-order valence-corrected chi connectivity index (χ4v) is 6.34. The van der Waals surface area contributed by atoms with Crippen LogP contribution >= 0.6 is 0 Å². The van der Waals surface area contributed by atoms with Gasteiger partial charge in [-0.1, -0.05) is 20.8 Å². The summed E-state index contributed by atoms with van der Waals surface area (Å²) in [7, 11) is -2.15. The molecule has 0 bridgehead atoms. The zero-order valence-corrected chi connectivity index (χ0v) is 24.2. The van der Waals surface area contributed by atoms with Gasteiger partial charge >= 0.3 is 12.3 Å². The highest BCUT2D eigenvalue weighted by molar-refractivity contribution is 6.74. The van der Waals surface area contributed by atoms with Crippen molar-refractivity contribution < 1.29 is 31.9 Å². The Hall–Kier alpha value is -3.04. The third-order valence-corrected chi connectivity index (χ3v) is 12.6. The molecule has 0 spiro atoms. The molecule has 15 heteroatoms. The Bertz CT molecular complexity index is 1280. The van der Waals surface area contributed by atoms with E-state index in [1.807, 2.05) is 0 Å². The van der Waals surface area contributed by atoms with E-state index in [0.29, 0.717) is 39.1 Å². The fourth-order valence-electron chi connectivity index (χ4n) is 4.98. The van der Waals surface area contributed by atoms with Gasteiger partial charge in [-0.2, -0.15) is 18.2 Å². The first-order valence-corrected chi connectivity index (χ1v) is 16.2. The van der Waals surface area contributed by atoms with Gasteiger partial charge in [-0.25, -0.2) is 19.7 Å². The van der Waals surface area contributed by atoms with Gasteiger partial charge < -0.3 is 24.5 Å². The maximum absolute atomic E-state index is 14.0. The highest BCUT2D eigenvalue weighted by Crippen LogP contribution is 2.44. The lowest BCUT2D eigenvalue weighted by atomic mass is 10.1.